The zero-order valence-corrected chi connectivity index (χ0v) is 12.9. The fraction of sp³-hybridized carbons (Fsp3) is 0.647. The van der Waals surface area contributed by atoms with Gasteiger partial charge in [0.05, 0.1) is 6.10 Å². The maximum absolute atomic E-state index is 5.97. The van der Waals surface area contributed by atoms with Crippen molar-refractivity contribution in [1.82, 2.24) is 5.32 Å². The zero-order chi connectivity index (χ0) is 14.0. The van der Waals surface area contributed by atoms with Crippen molar-refractivity contribution < 1.29 is 4.74 Å². The molecule has 2 nitrogen and oxygen atoms in total. The summed E-state index contributed by atoms with van der Waals surface area (Å²) in [5.74, 6) is 1.06. The monoisotopic (exact) mass is 261 g/mol. The van der Waals surface area contributed by atoms with E-state index in [0.717, 1.165) is 25.1 Å². The van der Waals surface area contributed by atoms with E-state index in [9.17, 15) is 0 Å². The van der Waals surface area contributed by atoms with Gasteiger partial charge >= 0.3 is 0 Å². The Bertz CT molecular complexity index is 439. The molecule has 2 rings (SSSR count). The van der Waals surface area contributed by atoms with Gasteiger partial charge in [-0.05, 0) is 43.0 Å². The largest absolute Gasteiger partial charge is 0.490 e. The van der Waals surface area contributed by atoms with E-state index in [0.29, 0.717) is 12.1 Å². The highest BCUT2D eigenvalue weighted by Crippen LogP contribution is 2.38. The lowest BCUT2D eigenvalue weighted by Gasteiger charge is -2.33. The van der Waals surface area contributed by atoms with E-state index in [1.54, 1.807) is 0 Å². The van der Waals surface area contributed by atoms with Crippen LogP contribution in [0, 0.1) is 0 Å². The molecule has 1 aromatic carbocycles. The topological polar surface area (TPSA) is 21.3 Å². The third-order valence-electron chi connectivity index (χ3n) is 4.40. The predicted molar refractivity (Wildman–Crippen MR) is 80.9 cm³/mol. The van der Waals surface area contributed by atoms with Crippen molar-refractivity contribution in [3.8, 4) is 5.75 Å². The second-order valence-corrected chi connectivity index (χ2v) is 6.26. The molecule has 1 heterocycles. The summed E-state index contributed by atoms with van der Waals surface area (Å²) in [5, 5.41) is 3.59. The SMILES string of the molecule is CCNC1CC(C)Oc2ccc(C(C)(C)CC)cc21. The number of ether oxygens (including phenoxy) is 1. The molecule has 0 spiro atoms. The van der Waals surface area contributed by atoms with Gasteiger partial charge in [0.15, 0.2) is 0 Å². The first kappa shape index (κ1) is 14.4. The lowest BCUT2D eigenvalue weighted by atomic mass is 9.80. The Balaban J connectivity index is 2.39. The van der Waals surface area contributed by atoms with Gasteiger partial charge in [0.25, 0.3) is 0 Å². The van der Waals surface area contributed by atoms with E-state index in [1.807, 2.05) is 0 Å². The van der Waals surface area contributed by atoms with E-state index >= 15 is 0 Å². The Morgan fingerprint density at radius 1 is 1.32 bits per heavy atom. The molecule has 0 saturated heterocycles. The summed E-state index contributed by atoms with van der Waals surface area (Å²) >= 11 is 0. The van der Waals surface area contributed by atoms with E-state index in [1.165, 1.54) is 11.1 Å². The molecule has 2 atom stereocenters. The second-order valence-electron chi connectivity index (χ2n) is 6.26. The maximum atomic E-state index is 5.97. The van der Waals surface area contributed by atoms with Crippen LogP contribution in [0.15, 0.2) is 18.2 Å². The summed E-state index contributed by atoms with van der Waals surface area (Å²) in [5.41, 5.74) is 2.98. The summed E-state index contributed by atoms with van der Waals surface area (Å²) in [6.45, 7) is 12.2. The number of hydrogen-bond acceptors (Lipinski definition) is 2. The van der Waals surface area contributed by atoms with Crippen LogP contribution in [0.3, 0.4) is 0 Å². The first-order chi connectivity index (χ1) is 8.97. The van der Waals surface area contributed by atoms with E-state index < -0.39 is 0 Å². The molecule has 0 aliphatic carbocycles. The van der Waals surface area contributed by atoms with E-state index in [-0.39, 0.29) is 5.41 Å². The molecule has 19 heavy (non-hydrogen) atoms. The van der Waals surface area contributed by atoms with Gasteiger partial charge < -0.3 is 10.1 Å². The first-order valence-electron chi connectivity index (χ1n) is 7.52. The molecule has 0 fully saturated rings. The Morgan fingerprint density at radius 2 is 2.05 bits per heavy atom. The van der Waals surface area contributed by atoms with Gasteiger partial charge in [0, 0.05) is 18.0 Å². The van der Waals surface area contributed by atoms with Crippen LogP contribution in [0.1, 0.15) is 64.6 Å². The summed E-state index contributed by atoms with van der Waals surface area (Å²) in [7, 11) is 0. The molecule has 1 aliphatic rings. The molecule has 2 heteroatoms. The number of hydrogen-bond donors (Lipinski definition) is 1. The quantitative estimate of drug-likeness (QED) is 0.877. The molecular weight excluding hydrogens is 234 g/mol. The van der Waals surface area contributed by atoms with Gasteiger partial charge in [-0.1, -0.05) is 33.8 Å². The lowest BCUT2D eigenvalue weighted by Crippen LogP contribution is -2.31. The molecule has 0 aromatic heterocycles. The number of fused-ring (bicyclic) bond motifs is 1. The predicted octanol–water partition coefficient (Wildman–Crippen LogP) is 4.20. The minimum atomic E-state index is 0.231. The molecule has 106 valence electrons. The summed E-state index contributed by atoms with van der Waals surface area (Å²) in [6.07, 6.45) is 2.49. The van der Waals surface area contributed by atoms with Gasteiger partial charge in [-0.15, -0.1) is 0 Å². The molecule has 0 saturated carbocycles. The van der Waals surface area contributed by atoms with Gasteiger partial charge in [-0.2, -0.15) is 0 Å². The van der Waals surface area contributed by atoms with Crippen molar-refractivity contribution in [3.05, 3.63) is 29.3 Å². The van der Waals surface area contributed by atoms with Crippen LogP contribution >= 0.6 is 0 Å². The highest BCUT2D eigenvalue weighted by atomic mass is 16.5. The van der Waals surface area contributed by atoms with Gasteiger partial charge in [-0.25, -0.2) is 0 Å². The smallest absolute Gasteiger partial charge is 0.124 e. The highest BCUT2D eigenvalue weighted by molar-refractivity contribution is 5.43. The molecule has 0 radical (unpaired) electrons. The normalized spacial score (nSPS) is 22.8. The average molecular weight is 261 g/mol. The molecule has 0 amide bonds. The van der Waals surface area contributed by atoms with Crippen molar-refractivity contribution in [2.24, 2.45) is 0 Å². The average Bonchev–Trinajstić information content (AvgIpc) is 2.38. The van der Waals surface area contributed by atoms with Crippen LogP contribution in [-0.2, 0) is 5.41 Å². The Labute approximate surface area is 117 Å². The first-order valence-corrected chi connectivity index (χ1v) is 7.52. The Morgan fingerprint density at radius 3 is 2.68 bits per heavy atom. The summed E-state index contributed by atoms with van der Waals surface area (Å²) in [4.78, 5) is 0. The number of rotatable bonds is 4. The molecule has 1 N–H and O–H groups in total. The van der Waals surface area contributed by atoms with E-state index in [2.05, 4.69) is 58.1 Å². The molecule has 0 bridgehead atoms. The minimum absolute atomic E-state index is 0.231. The van der Waals surface area contributed by atoms with Crippen LogP contribution in [0.2, 0.25) is 0 Å². The third-order valence-corrected chi connectivity index (χ3v) is 4.40. The third kappa shape index (κ3) is 2.94. The van der Waals surface area contributed by atoms with Crippen LogP contribution in [0.5, 0.6) is 5.75 Å². The highest BCUT2D eigenvalue weighted by Gasteiger charge is 2.27. The van der Waals surface area contributed by atoms with Crippen molar-refractivity contribution in [2.45, 2.75) is 65.0 Å². The number of benzene rings is 1. The lowest BCUT2D eigenvalue weighted by molar-refractivity contribution is 0.167. The van der Waals surface area contributed by atoms with Crippen LogP contribution < -0.4 is 10.1 Å². The zero-order valence-electron chi connectivity index (χ0n) is 12.9. The van der Waals surface area contributed by atoms with Crippen LogP contribution in [0.25, 0.3) is 0 Å². The molecule has 2 unspecified atom stereocenters. The van der Waals surface area contributed by atoms with Crippen molar-refractivity contribution in [1.29, 1.82) is 0 Å². The van der Waals surface area contributed by atoms with Crippen LogP contribution in [-0.4, -0.2) is 12.6 Å². The van der Waals surface area contributed by atoms with E-state index in [4.69, 9.17) is 4.74 Å². The van der Waals surface area contributed by atoms with Crippen molar-refractivity contribution in [2.75, 3.05) is 6.54 Å². The van der Waals surface area contributed by atoms with Crippen molar-refractivity contribution in [3.63, 3.8) is 0 Å². The molecule has 1 aliphatic heterocycles. The Kier molecular flexibility index (Phi) is 4.19. The molecule has 1 aromatic rings. The van der Waals surface area contributed by atoms with Gasteiger partial charge in [0.1, 0.15) is 5.75 Å². The second kappa shape index (κ2) is 5.54. The number of nitrogens with one attached hydrogen (secondary N) is 1. The minimum Gasteiger partial charge on any atom is -0.490 e. The maximum Gasteiger partial charge on any atom is 0.124 e. The fourth-order valence-electron chi connectivity index (χ4n) is 2.72. The molecular formula is C17H27NO. The Hall–Kier alpha value is -1.02. The van der Waals surface area contributed by atoms with Gasteiger partial charge in [0.2, 0.25) is 0 Å². The standard InChI is InChI=1S/C17H27NO/c1-6-17(4,5)13-8-9-16-14(11-13)15(18-7-2)10-12(3)19-16/h8-9,11-12,15,18H,6-7,10H2,1-5H3. The fourth-order valence-corrected chi connectivity index (χ4v) is 2.72. The summed E-state index contributed by atoms with van der Waals surface area (Å²) in [6, 6.07) is 7.15. The summed E-state index contributed by atoms with van der Waals surface area (Å²) < 4.78 is 5.97. The van der Waals surface area contributed by atoms with Crippen LogP contribution in [0.4, 0.5) is 0 Å². The van der Waals surface area contributed by atoms with Gasteiger partial charge in [-0.3, -0.25) is 0 Å². The van der Waals surface area contributed by atoms with Crippen molar-refractivity contribution >= 4 is 0 Å².